The van der Waals surface area contributed by atoms with Crippen molar-refractivity contribution < 1.29 is 13.2 Å². The minimum absolute atomic E-state index is 0.350. The minimum Gasteiger partial charge on any atom is -0.271 e. The number of carbonyl (C=O) groups excluding carboxylic acids is 1. The Hall–Kier alpha value is -2.19. The fourth-order valence-corrected chi connectivity index (χ4v) is 3.87. The predicted octanol–water partition coefficient (Wildman–Crippen LogP) is 3.34. The molecule has 0 saturated carbocycles. The monoisotopic (exact) mass is 451 g/mol. The van der Waals surface area contributed by atoms with E-state index in [1.54, 1.807) is 24.3 Å². The van der Waals surface area contributed by atoms with Gasteiger partial charge in [-0.2, -0.15) is 5.10 Å². The molecule has 1 amide bonds. The molecule has 0 atom stereocenters. The second kappa shape index (κ2) is 9.66. The molecule has 0 unspecified atom stereocenters. The lowest BCUT2D eigenvalue weighted by Gasteiger charge is -2.22. The molecular formula is C19H22BrN3O3S. The molecule has 0 heterocycles. The molecule has 0 fully saturated rings. The number of hydrazone groups is 1. The van der Waals surface area contributed by atoms with Gasteiger partial charge in [0.1, 0.15) is 6.54 Å². The van der Waals surface area contributed by atoms with Crippen LogP contribution >= 0.6 is 15.9 Å². The number of anilines is 1. The van der Waals surface area contributed by atoms with E-state index in [9.17, 15) is 13.2 Å². The van der Waals surface area contributed by atoms with Crippen LogP contribution in [0.5, 0.6) is 0 Å². The van der Waals surface area contributed by atoms with Crippen LogP contribution in [0, 0.1) is 0 Å². The Kier molecular flexibility index (Phi) is 7.55. The maximum absolute atomic E-state index is 12.2. The van der Waals surface area contributed by atoms with Gasteiger partial charge in [-0.3, -0.25) is 9.10 Å². The van der Waals surface area contributed by atoms with Crippen LogP contribution in [0.4, 0.5) is 5.69 Å². The van der Waals surface area contributed by atoms with E-state index in [-0.39, 0.29) is 6.54 Å². The molecule has 0 aliphatic rings. The van der Waals surface area contributed by atoms with Crippen LogP contribution in [-0.4, -0.2) is 32.8 Å². The molecule has 0 bridgehead atoms. The van der Waals surface area contributed by atoms with Crippen molar-refractivity contribution in [3.8, 4) is 0 Å². The number of para-hydroxylation sites is 1. The maximum atomic E-state index is 12.2. The third-order valence-corrected chi connectivity index (χ3v) is 5.60. The average molecular weight is 452 g/mol. The zero-order chi connectivity index (χ0) is 19.9. The van der Waals surface area contributed by atoms with E-state index in [1.165, 1.54) is 5.56 Å². The molecule has 0 aliphatic carbocycles. The highest BCUT2D eigenvalue weighted by molar-refractivity contribution is 9.10. The van der Waals surface area contributed by atoms with Gasteiger partial charge in [-0.15, -0.1) is 0 Å². The highest BCUT2D eigenvalue weighted by Gasteiger charge is 2.22. The average Bonchev–Trinajstić information content (AvgIpc) is 2.63. The van der Waals surface area contributed by atoms with E-state index in [4.69, 9.17) is 0 Å². The van der Waals surface area contributed by atoms with Crippen molar-refractivity contribution in [2.24, 2.45) is 5.10 Å². The molecule has 6 nitrogen and oxygen atoms in total. The molecule has 0 spiro atoms. The van der Waals surface area contributed by atoms with Crippen LogP contribution in [0.25, 0.3) is 0 Å². The lowest BCUT2D eigenvalue weighted by atomic mass is 10.1. The SMILES string of the molecule is C/C(CCc1ccccc1)=N/NC(=O)CN(c1ccccc1Br)S(C)(=O)=O. The van der Waals surface area contributed by atoms with E-state index in [1.807, 2.05) is 37.3 Å². The summed E-state index contributed by atoms with van der Waals surface area (Å²) in [6, 6.07) is 16.8. The Balaban J connectivity index is 1.98. The maximum Gasteiger partial charge on any atom is 0.260 e. The Morgan fingerprint density at radius 3 is 2.37 bits per heavy atom. The molecule has 2 aromatic rings. The van der Waals surface area contributed by atoms with Crippen LogP contribution in [-0.2, 0) is 21.2 Å². The molecule has 27 heavy (non-hydrogen) atoms. The van der Waals surface area contributed by atoms with Crippen LogP contribution < -0.4 is 9.73 Å². The van der Waals surface area contributed by atoms with E-state index in [2.05, 4.69) is 26.5 Å². The summed E-state index contributed by atoms with van der Waals surface area (Å²) >= 11 is 3.32. The molecule has 1 N–H and O–H groups in total. The number of sulfonamides is 1. The van der Waals surface area contributed by atoms with Gasteiger partial charge >= 0.3 is 0 Å². The largest absolute Gasteiger partial charge is 0.271 e. The van der Waals surface area contributed by atoms with E-state index >= 15 is 0 Å². The molecule has 2 aromatic carbocycles. The van der Waals surface area contributed by atoms with Crippen LogP contribution in [0.3, 0.4) is 0 Å². The van der Waals surface area contributed by atoms with Gasteiger partial charge in [-0.25, -0.2) is 13.8 Å². The number of aryl methyl sites for hydroxylation is 1. The van der Waals surface area contributed by atoms with Crippen molar-refractivity contribution >= 4 is 43.3 Å². The number of amides is 1. The van der Waals surface area contributed by atoms with Crippen LogP contribution in [0.1, 0.15) is 18.9 Å². The summed E-state index contributed by atoms with van der Waals surface area (Å²) in [7, 11) is -3.63. The third kappa shape index (κ3) is 6.80. The number of benzene rings is 2. The third-order valence-electron chi connectivity index (χ3n) is 3.80. The molecule has 2 rings (SSSR count). The van der Waals surface area contributed by atoms with Gasteiger partial charge in [0.2, 0.25) is 10.0 Å². The Bertz CT molecular complexity index is 915. The van der Waals surface area contributed by atoms with Crippen molar-refractivity contribution in [1.82, 2.24) is 5.43 Å². The minimum atomic E-state index is -3.63. The number of halogens is 1. The molecule has 0 saturated heterocycles. The molecule has 144 valence electrons. The molecule has 0 radical (unpaired) electrons. The highest BCUT2D eigenvalue weighted by atomic mass is 79.9. The van der Waals surface area contributed by atoms with E-state index in [0.29, 0.717) is 16.6 Å². The zero-order valence-corrected chi connectivity index (χ0v) is 17.6. The lowest BCUT2D eigenvalue weighted by Crippen LogP contribution is -2.39. The van der Waals surface area contributed by atoms with Crippen molar-refractivity contribution in [3.05, 3.63) is 64.6 Å². The standard InChI is InChI=1S/C19H22BrN3O3S/c1-15(12-13-16-8-4-3-5-9-16)21-22-19(24)14-23(27(2,25)26)18-11-7-6-10-17(18)20/h3-11H,12-14H2,1-2H3,(H,22,24)/b21-15-. The highest BCUT2D eigenvalue weighted by Crippen LogP contribution is 2.27. The Labute approximate surface area is 168 Å². The van der Waals surface area contributed by atoms with Gasteiger partial charge in [-0.05, 0) is 53.4 Å². The number of hydrogen-bond acceptors (Lipinski definition) is 4. The first-order valence-electron chi connectivity index (χ1n) is 8.35. The van der Waals surface area contributed by atoms with Gasteiger partial charge in [-0.1, -0.05) is 42.5 Å². The van der Waals surface area contributed by atoms with Crippen molar-refractivity contribution in [2.75, 3.05) is 17.1 Å². The number of nitrogens with zero attached hydrogens (tertiary/aromatic N) is 2. The van der Waals surface area contributed by atoms with Gasteiger partial charge in [0.15, 0.2) is 0 Å². The molecule has 0 aliphatic heterocycles. The number of hydrogen-bond donors (Lipinski definition) is 1. The Morgan fingerprint density at radius 1 is 1.11 bits per heavy atom. The summed E-state index contributed by atoms with van der Waals surface area (Å²) < 4.78 is 25.8. The van der Waals surface area contributed by atoms with Crippen LogP contribution in [0.15, 0.2) is 64.2 Å². The first-order valence-corrected chi connectivity index (χ1v) is 11.0. The normalized spacial score (nSPS) is 11.9. The quantitative estimate of drug-likeness (QED) is 0.493. The van der Waals surface area contributed by atoms with Gasteiger partial charge in [0.05, 0.1) is 11.9 Å². The van der Waals surface area contributed by atoms with Crippen molar-refractivity contribution in [2.45, 2.75) is 19.8 Å². The van der Waals surface area contributed by atoms with Crippen molar-refractivity contribution in [1.29, 1.82) is 0 Å². The predicted molar refractivity (Wildman–Crippen MR) is 112 cm³/mol. The first-order chi connectivity index (χ1) is 12.8. The molecular weight excluding hydrogens is 430 g/mol. The number of nitrogens with one attached hydrogen (secondary N) is 1. The second-order valence-corrected chi connectivity index (χ2v) is 8.85. The number of rotatable bonds is 8. The number of carbonyl (C=O) groups is 1. The second-order valence-electron chi connectivity index (χ2n) is 6.09. The van der Waals surface area contributed by atoms with E-state index in [0.717, 1.165) is 22.7 Å². The summed E-state index contributed by atoms with van der Waals surface area (Å²) in [4.78, 5) is 12.2. The summed E-state index contributed by atoms with van der Waals surface area (Å²) in [5, 5.41) is 4.07. The van der Waals surface area contributed by atoms with Crippen molar-refractivity contribution in [3.63, 3.8) is 0 Å². The fourth-order valence-electron chi connectivity index (χ4n) is 2.38. The van der Waals surface area contributed by atoms with Gasteiger partial charge in [0.25, 0.3) is 5.91 Å². The first kappa shape index (κ1) is 21.1. The summed E-state index contributed by atoms with van der Waals surface area (Å²) in [6.45, 7) is 1.47. The van der Waals surface area contributed by atoms with Crippen LogP contribution in [0.2, 0.25) is 0 Å². The zero-order valence-electron chi connectivity index (χ0n) is 15.2. The summed E-state index contributed by atoms with van der Waals surface area (Å²) in [6.07, 6.45) is 2.58. The lowest BCUT2D eigenvalue weighted by molar-refractivity contribution is -0.119. The summed E-state index contributed by atoms with van der Waals surface area (Å²) in [5.74, 6) is -0.504. The van der Waals surface area contributed by atoms with Gasteiger partial charge in [0, 0.05) is 10.2 Å². The summed E-state index contributed by atoms with van der Waals surface area (Å²) in [5.41, 5.74) is 4.79. The van der Waals surface area contributed by atoms with Gasteiger partial charge < -0.3 is 0 Å². The Morgan fingerprint density at radius 2 is 1.74 bits per heavy atom. The topological polar surface area (TPSA) is 78.8 Å². The smallest absolute Gasteiger partial charge is 0.260 e. The fraction of sp³-hybridized carbons (Fsp3) is 0.263. The molecule has 8 heteroatoms. The molecule has 0 aromatic heterocycles. The van der Waals surface area contributed by atoms with E-state index < -0.39 is 15.9 Å².